The number of benzene rings is 1. The van der Waals surface area contributed by atoms with E-state index in [-0.39, 0.29) is 30.2 Å². The Morgan fingerprint density at radius 2 is 1.90 bits per heavy atom. The standard InChI is InChI=1S/C21H26N2O6/c24-19-10-14(13-23(19)16-3-4-17-18(11-16)27-7-6-26-17)20(25)22-15-2-1-5-21(12-15)28-8-9-29-21/h3-4,11,14-15H,1-2,5-10,12-13H2,(H,22,25)/t14-,15-/m1/s1. The molecule has 3 fully saturated rings. The summed E-state index contributed by atoms with van der Waals surface area (Å²) in [6, 6.07) is 5.48. The molecule has 1 saturated carbocycles. The fourth-order valence-corrected chi connectivity index (χ4v) is 4.73. The van der Waals surface area contributed by atoms with E-state index < -0.39 is 5.79 Å². The van der Waals surface area contributed by atoms with E-state index in [0.717, 1.165) is 24.9 Å². The minimum absolute atomic E-state index is 0.0211. The van der Waals surface area contributed by atoms with Gasteiger partial charge < -0.3 is 29.2 Å². The lowest BCUT2D eigenvalue weighted by atomic mass is 9.89. The smallest absolute Gasteiger partial charge is 0.227 e. The molecule has 29 heavy (non-hydrogen) atoms. The Kier molecular flexibility index (Phi) is 4.83. The van der Waals surface area contributed by atoms with E-state index in [1.165, 1.54) is 0 Å². The van der Waals surface area contributed by atoms with Crippen LogP contribution in [0.3, 0.4) is 0 Å². The fraction of sp³-hybridized carbons (Fsp3) is 0.619. The Bertz CT molecular complexity index is 806. The van der Waals surface area contributed by atoms with Gasteiger partial charge in [0.2, 0.25) is 11.8 Å². The number of carbonyl (C=O) groups is 2. The van der Waals surface area contributed by atoms with Crippen molar-refractivity contribution in [2.75, 3.05) is 37.9 Å². The van der Waals surface area contributed by atoms with E-state index in [1.807, 2.05) is 18.2 Å². The van der Waals surface area contributed by atoms with Gasteiger partial charge in [0, 0.05) is 43.6 Å². The predicted molar refractivity (Wildman–Crippen MR) is 103 cm³/mol. The minimum atomic E-state index is -0.529. The number of ether oxygens (including phenoxy) is 4. The largest absolute Gasteiger partial charge is 0.486 e. The van der Waals surface area contributed by atoms with Crippen molar-refractivity contribution in [1.82, 2.24) is 5.32 Å². The molecule has 5 rings (SSSR count). The zero-order valence-electron chi connectivity index (χ0n) is 16.4. The summed E-state index contributed by atoms with van der Waals surface area (Å²) in [4.78, 5) is 27.1. The quantitative estimate of drug-likeness (QED) is 0.827. The van der Waals surface area contributed by atoms with Gasteiger partial charge >= 0.3 is 0 Å². The maximum Gasteiger partial charge on any atom is 0.227 e. The van der Waals surface area contributed by atoms with Crippen molar-refractivity contribution in [3.8, 4) is 11.5 Å². The van der Waals surface area contributed by atoms with Crippen LogP contribution < -0.4 is 19.7 Å². The van der Waals surface area contributed by atoms with Crippen molar-refractivity contribution in [2.24, 2.45) is 5.92 Å². The summed E-state index contributed by atoms with van der Waals surface area (Å²) in [5.74, 6) is 0.308. The molecule has 2 saturated heterocycles. The summed E-state index contributed by atoms with van der Waals surface area (Å²) in [6.45, 7) is 2.61. The zero-order chi connectivity index (χ0) is 19.8. The number of anilines is 1. The third-order valence-electron chi connectivity index (χ3n) is 6.16. The van der Waals surface area contributed by atoms with Crippen LogP contribution >= 0.6 is 0 Å². The minimum Gasteiger partial charge on any atom is -0.486 e. The summed E-state index contributed by atoms with van der Waals surface area (Å²) in [5.41, 5.74) is 0.735. The maximum atomic E-state index is 12.9. The third-order valence-corrected chi connectivity index (χ3v) is 6.16. The van der Waals surface area contributed by atoms with Crippen LogP contribution in [0.5, 0.6) is 11.5 Å². The fourth-order valence-electron chi connectivity index (χ4n) is 4.73. The van der Waals surface area contributed by atoms with Gasteiger partial charge in [-0.05, 0) is 25.0 Å². The highest BCUT2D eigenvalue weighted by Gasteiger charge is 2.43. The van der Waals surface area contributed by atoms with Crippen molar-refractivity contribution in [3.05, 3.63) is 18.2 Å². The molecule has 1 N–H and O–H groups in total. The molecule has 1 aliphatic carbocycles. The molecule has 1 spiro atoms. The second-order valence-corrected chi connectivity index (χ2v) is 8.14. The van der Waals surface area contributed by atoms with E-state index in [9.17, 15) is 9.59 Å². The molecule has 0 bridgehead atoms. The Morgan fingerprint density at radius 1 is 1.10 bits per heavy atom. The zero-order valence-corrected chi connectivity index (χ0v) is 16.4. The van der Waals surface area contributed by atoms with Gasteiger partial charge in [0.1, 0.15) is 13.2 Å². The second kappa shape index (κ2) is 7.50. The van der Waals surface area contributed by atoms with Gasteiger partial charge in [-0.25, -0.2) is 0 Å². The molecule has 3 aliphatic heterocycles. The number of nitrogens with one attached hydrogen (secondary N) is 1. The molecule has 1 aromatic rings. The number of hydrogen-bond donors (Lipinski definition) is 1. The number of nitrogens with zero attached hydrogens (tertiary/aromatic N) is 1. The SMILES string of the molecule is O=C(N[C@@H]1CCCC2(C1)OCCO2)[C@@H]1CC(=O)N(c2ccc3c(c2)OCCO3)C1. The highest BCUT2D eigenvalue weighted by Crippen LogP contribution is 2.37. The lowest BCUT2D eigenvalue weighted by molar-refractivity contribution is -0.182. The van der Waals surface area contributed by atoms with Gasteiger partial charge in [-0.15, -0.1) is 0 Å². The maximum absolute atomic E-state index is 12.9. The predicted octanol–water partition coefficient (Wildman–Crippen LogP) is 1.61. The average molecular weight is 402 g/mol. The first-order valence-corrected chi connectivity index (χ1v) is 10.4. The molecular formula is C21H26N2O6. The van der Waals surface area contributed by atoms with E-state index in [2.05, 4.69) is 5.32 Å². The summed E-state index contributed by atoms with van der Waals surface area (Å²) in [6.07, 6.45) is 3.63. The molecule has 2 atom stereocenters. The molecule has 1 aromatic carbocycles. The van der Waals surface area contributed by atoms with E-state index in [0.29, 0.717) is 50.9 Å². The molecule has 8 nitrogen and oxygen atoms in total. The monoisotopic (exact) mass is 402 g/mol. The van der Waals surface area contributed by atoms with Crippen LogP contribution in [-0.2, 0) is 19.1 Å². The van der Waals surface area contributed by atoms with Gasteiger partial charge in [-0.1, -0.05) is 0 Å². The second-order valence-electron chi connectivity index (χ2n) is 8.14. The molecule has 8 heteroatoms. The first kappa shape index (κ1) is 18.7. The third kappa shape index (κ3) is 3.67. The summed E-state index contributed by atoms with van der Waals surface area (Å²) in [5, 5.41) is 3.13. The first-order chi connectivity index (χ1) is 14.1. The van der Waals surface area contributed by atoms with Gasteiger partial charge in [0.15, 0.2) is 17.3 Å². The molecule has 3 heterocycles. The Hall–Kier alpha value is -2.32. The number of carbonyl (C=O) groups excluding carboxylic acids is 2. The van der Waals surface area contributed by atoms with Gasteiger partial charge in [-0.3, -0.25) is 9.59 Å². The molecule has 0 aromatic heterocycles. The van der Waals surface area contributed by atoms with E-state index >= 15 is 0 Å². The van der Waals surface area contributed by atoms with Crippen molar-refractivity contribution < 1.29 is 28.5 Å². The van der Waals surface area contributed by atoms with Crippen LogP contribution in [0.15, 0.2) is 18.2 Å². The summed E-state index contributed by atoms with van der Waals surface area (Å²) >= 11 is 0. The highest BCUT2D eigenvalue weighted by molar-refractivity contribution is 6.00. The first-order valence-electron chi connectivity index (χ1n) is 10.4. The normalized spacial score (nSPS) is 28.0. The summed E-state index contributed by atoms with van der Waals surface area (Å²) in [7, 11) is 0. The Labute approximate surface area is 169 Å². The van der Waals surface area contributed by atoms with Crippen molar-refractivity contribution in [2.45, 2.75) is 43.9 Å². The molecule has 2 amide bonds. The van der Waals surface area contributed by atoms with Crippen LogP contribution in [0.4, 0.5) is 5.69 Å². The van der Waals surface area contributed by atoms with Crippen molar-refractivity contribution in [1.29, 1.82) is 0 Å². The van der Waals surface area contributed by atoms with Gasteiger partial charge in [0.05, 0.1) is 19.1 Å². The molecule has 4 aliphatic rings. The topological polar surface area (TPSA) is 86.3 Å². The number of rotatable bonds is 3. The van der Waals surface area contributed by atoms with Gasteiger partial charge in [0.25, 0.3) is 0 Å². The molecule has 0 radical (unpaired) electrons. The van der Waals surface area contributed by atoms with Crippen molar-refractivity contribution in [3.63, 3.8) is 0 Å². The highest BCUT2D eigenvalue weighted by atomic mass is 16.7. The number of fused-ring (bicyclic) bond motifs is 1. The molecule has 156 valence electrons. The van der Waals surface area contributed by atoms with Crippen LogP contribution in [0, 0.1) is 5.92 Å². The average Bonchev–Trinajstić information content (AvgIpc) is 3.34. The number of amides is 2. The summed E-state index contributed by atoms with van der Waals surface area (Å²) < 4.78 is 22.7. The van der Waals surface area contributed by atoms with Crippen LogP contribution in [0.25, 0.3) is 0 Å². The van der Waals surface area contributed by atoms with Crippen molar-refractivity contribution >= 4 is 17.5 Å². The van der Waals surface area contributed by atoms with E-state index in [1.54, 1.807) is 4.90 Å². The Morgan fingerprint density at radius 3 is 2.72 bits per heavy atom. The lowest BCUT2D eigenvalue weighted by Crippen LogP contribution is -2.48. The molecule has 0 unspecified atom stereocenters. The Balaban J connectivity index is 1.22. The molecular weight excluding hydrogens is 376 g/mol. The van der Waals surface area contributed by atoms with Crippen LogP contribution in [-0.4, -0.2) is 56.6 Å². The lowest BCUT2D eigenvalue weighted by Gasteiger charge is -2.36. The van der Waals surface area contributed by atoms with E-state index in [4.69, 9.17) is 18.9 Å². The number of hydrogen-bond acceptors (Lipinski definition) is 6. The van der Waals surface area contributed by atoms with Gasteiger partial charge in [-0.2, -0.15) is 0 Å². The van der Waals surface area contributed by atoms with Crippen LogP contribution in [0.2, 0.25) is 0 Å². The van der Waals surface area contributed by atoms with Crippen LogP contribution in [0.1, 0.15) is 32.1 Å².